The van der Waals surface area contributed by atoms with Gasteiger partial charge in [0.05, 0.1) is 0 Å². The molecule has 0 aliphatic heterocycles. The van der Waals surface area contributed by atoms with Crippen LogP contribution in [0.4, 0.5) is 17.8 Å². The van der Waals surface area contributed by atoms with Gasteiger partial charge in [0.15, 0.2) is 0 Å². The molecule has 0 atom stereocenters. The molecule has 0 aliphatic rings. The van der Waals surface area contributed by atoms with Crippen molar-refractivity contribution < 1.29 is 20.5 Å². The quantitative estimate of drug-likeness (QED) is 0.226. The summed E-state index contributed by atoms with van der Waals surface area (Å²) < 4.78 is 0. The first-order chi connectivity index (χ1) is 5.91. The van der Waals surface area contributed by atoms with Crippen molar-refractivity contribution in [3.63, 3.8) is 0 Å². The fourth-order valence-corrected chi connectivity index (χ4v) is 0.427. The standard InChI is InChI=1S/C3H6N6.BH3O3.H2O/c4-1-7-2(5)9-3(6)8-1;2-1(3)4;/h(H6,4,5,6,7,8,9);2-4H;1H2. The van der Waals surface area contributed by atoms with Gasteiger partial charge in [0, 0.05) is 0 Å². The van der Waals surface area contributed by atoms with Crippen LogP contribution in [-0.2, 0) is 0 Å². The Labute approximate surface area is 78.9 Å². The van der Waals surface area contributed by atoms with Gasteiger partial charge >= 0.3 is 7.32 Å². The highest BCUT2D eigenvalue weighted by atomic mass is 16.5. The first kappa shape index (κ1) is 14.8. The Kier molecular flexibility index (Phi) is 7.19. The van der Waals surface area contributed by atoms with Crippen LogP contribution in [0.15, 0.2) is 0 Å². The van der Waals surface area contributed by atoms with E-state index in [0.717, 1.165) is 0 Å². The number of hydrogen-bond acceptors (Lipinski definition) is 9. The Hall–Kier alpha value is -1.69. The van der Waals surface area contributed by atoms with Crippen LogP contribution in [0.25, 0.3) is 0 Å². The second-order valence-corrected chi connectivity index (χ2v) is 1.76. The lowest BCUT2D eigenvalue weighted by Crippen LogP contribution is -2.07. The number of anilines is 3. The number of rotatable bonds is 0. The second kappa shape index (κ2) is 6.79. The van der Waals surface area contributed by atoms with Gasteiger partial charge in [-0.2, -0.15) is 15.0 Å². The minimum atomic E-state index is -2.17. The molecule has 11 heteroatoms. The average molecular weight is 206 g/mol. The number of nitrogens with zero attached hydrogens (tertiary/aromatic N) is 3. The first-order valence-corrected chi connectivity index (χ1v) is 2.98. The topological polar surface area (TPSA) is 209 Å². The highest BCUT2D eigenvalue weighted by Gasteiger charge is 1.94. The van der Waals surface area contributed by atoms with Crippen molar-refractivity contribution in [3.8, 4) is 0 Å². The third-order valence-corrected chi connectivity index (χ3v) is 0.687. The maximum absolute atomic E-state index is 7.17. The lowest BCUT2D eigenvalue weighted by Gasteiger charge is -1.93. The second-order valence-electron chi connectivity index (χ2n) is 1.76. The van der Waals surface area contributed by atoms with Crippen LogP contribution in [0, 0.1) is 0 Å². The fourth-order valence-electron chi connectivity index (χ4n) is 0.427. The molecule has 14 heavy (non-hydrogen) atoms. The van der Waals surface area contributed by atoms with Crippen molar-refractivity contribution in [2.75, 3.05) is 17.2 Å². The highest BCUT2D eigenvalue weighted by Crippen LogP contribution is 1.97. The van der Waals surface area contributed by atoms with Crippen molar-refractivity contribution >= 4 is 25.2 Å². The zero-order valence-corrected chi connectivity index (χ0v) is 6.99. The summed E-state index contributed by atoms with van der Waals surface area (Å²) in [5.74, 6) is 0.125. The van der Waals surface area contributed by atoms with Gasteiger partial charge in [0.1, 0.15) is 0 Å². The summed E-state index contributed by atoms with van der Waals surface area (Å²) in [5, 5.41) is 21.5. The molecule has 1 aromatic rings. The van der Waals surface area contributed by atoms with Crippen molar-refractivity contribution in [3.05, 3.63) is 0 Å². The molecule has 1 heterocycles. The number of nitrogens with two attached hydrogens (primary N) is 3. The van der Waals surface area contributed by atoms with Crippen LogP contribution in [-0.4, -0.2) is 42.8 Å². The number of aromatic nitrogens is 3. The molecule has 11 N–H and O–H groups in total. The van der Waals surface area contributed by atoms with Crippen LogP contribution in [0.3, 0.4) is 0 Å². The molecule has 80 valence electrons. The molecule has 0 amide bonds. The smallest absolute Gasteiger partial charge is 0.412 e. The van der Waals surface area contributed by atoms with E-state index < -0.39 is 7.32 Å². The zero-order chi connectivity index (χ0) is 10.4. The van der Waals surface area contributed by atoms with E-state index in [-0.39, 0.29) is 23.3 Å². The molecule has 0 fully saturated rings. The van der Waals surface area contributed by atoms with Crippen LogP contribution < -0.4 is 17.2 Å². The molecule has 0 radical (unpaired) electrons. The van der Waals surface area contributed by atoms with Crippen LogP contribution >= 0.6 is 0 Å². The monoisotopic (exact) mass is 206 g/mol. The molecule has 1 rings (SSSR count). The van der Waals surface area contributed by atoms with Gasteiger partial charge in [-0.25, -0.2) is 0 Å². The molecule has 1 aromatic heterocycles. The molecule has 0 aliphatic carbocycles. The van der Waals surface area contributed by atoms with E-state index >= 15 is 0 Å². The van der Waals surface area contributed by atoms with E-state index in [0.29, 0.717) is 0 Å². The van der Waals surface area contributed by atoms with Crippen LogP contribution in [0.5, 0.6) is 0 Å². The molecular weight excluding hydrogens is 195 g/mol. The maximum atomic E-state index is 7.17. The first-order valence-electron chi connectivity index (χ1n) is 2.98. The van der Waals surface area contributed by atoms with E-state index in [1.165, 1.54) is 0 Å². The molecule has 0 saturated carbocycles. The summed E-state index contributed by atoms with van der Waals surface area (Å²) in [6.07, 6.45) is 0. The molecule has 0 unspecified atom stereocenters. The molecule has 0 spiro atoms. The van der Waals surface area contributed by atoms with E-state index in [1.807, 2.05) is 0 Å². The Morgan fingerprint density at radius 1 is 0.786 bits per heavy atom. The van der Waals surface area contributed by atoms with E-state index in [4.69, 9.17) is 32.3 Å². The normalized spacial score (nSPS) is 7.93. The van der Waals surface area contributed by atoms with Gasteiger partial charge in [-0.3, -0.25) is 0 Å². The number of hydrogen-bond donors (Lipinski definition) is 6. The van der Waals surface area contributed by atoms with Gasteiger partial charge in [-0.1, -0.05) is 0 Å². The summed E-state index contributed by atoms with van der Waals surface area (Å²) in [6.45, 7) is 0. The van der Waals surface area contributed by atoms with E-state index in [1.54, 1.807) is 0 Å². The average Bonchev–Trinajstić information content (AvgIpc) is 1.80. The highest BCUT2D eigenvalue weighted by molar-refractivity contribution is 6.30. The molecular formula is C3H11BN6O4. The Morgan fingerprint density at radius 3 is 1.07 bits per heavy atom. The van der Waals surface area contributed by atoms with Crippen LogP contribution in [0.2, 0.25) is 0 Å². The molecule has 10 nitrogen and oxygen atoms in total. The van der Waals surface area contributed by atoms with E-state index in [2.05, 4.69) is 15.0 Å². The molecule has 0 bridgehead atoms. The molecule has 0 saturated heterocycles. The summed E-state index contributed by atoms with van der Waals surface area (Å²) in [4.78, 5) is 10.5. The summed E-state index contributed by atoms with van der Waals surface area (Å²) >= 11 is 0. The van der Waals surface area contributed by atoms with E-state index in [9.17, 15) is 0 Å². The third-order valence-electron chi connectivity index (χ3n) is 0.687. The van der Waals surface area contributed by atoms with Gasteiger partial charge < -0.3 is 37.7 Å². The summed E-state index contributed by atoms with van der Waals surface area (Å²) in [5.41, 5.74) is 15.4. The van der Waals surface area contributed by atoms with Crippen molar-refractivity contribution in [2.45, 2.75) is 0 Å². The zero-order valence-electron chi connectivity index (χ0n) is 6.99. The summed E-state index contributed by atoms with van der Waals surface area (Å²) in [7, 11) is -2.17. The molecule has 0 aromatic carbocycles. The minimum Gasteiger partial charge on any atom is -0.412 e. The summed E-state index contributed by atoms with van der Waals surface area (Å²) in [6, 6.07) is 0. The van der Waals surface area contributed by atoms with Gasteiger partial charge in [0.2, 0.25) is 17.8 Å². The maximum Gasteiger partial charge on any atom is 0.631 e. The lowest BCUT2D eigenvalue weighted by molar-refractivity contribution is 0.278. The Morgan fingerprint density at radius 2 is 0.929 bits per heavy atom. The van der Waals surface area contributed by atoms with Crippen molar-refractivity contribution in [2.24, 2.45) is 0 Å². The van der Waals surface area contributed by atoms with Gasteiger partial charge in [0.25, 0.3) is 0 Å². The predicted octanol–water partition coefficient (Wildman–Crippen LogP) is -4.26. The Balaban J connectivity index is 0. The minimum absolute atomic E-state index is 0. The fraction of sp³-hybridized carbons (Fsp3) is 0. The van der Waals surface area contributed by atoms with Crippen molar-refractivity contribution in [1.29, 1.82) is 0 Å². The Bertz CT molecular complexity index is 218. The lowest BCUT2D eigenvalue weighted by atomic mass is 10.3. The van der Waals surface area contributed by atoms with Gasteiger partial charge in [-0.05, 0) is 0 Å². The van der Waals surface area contributed by atoms with Crippen LogP contribution in [0.1, 0.15) is 0 Å². The largest absolute Gasteiger partial charge is 0.631 e. The van der Waals surface area contributed by atoms with Crippen molar-refractivity contribution in [1.82, 2.24) is 15.0 Å². The number of nitrogen functional groups attached to an aromatic ring is 3. The SMILES string of the molecule is Nc1nc(N)nc(N)n1.O.OB(O)O. The third kappa shape index (κ3) is 8.41. The predicted molar refractivity (Wildman–Crippen MR) is 49.1 cm³/mol. The van der Waals surface area contributed by atoms with Gasteiger partial charge in [-0.15, -0.1) is 0 Å².